The number of pyridine rings is 1. The fourth-order valence-corrected chi connectivity index (χ4v) is 4.71. The standard InChI is InChI=1S/C21H23Cl2N5O3.ClH/c1-28-19-10(9-25-21(27-19)26-13-6-4-5-12(13)24)7-11(20(28)29)16-17(22)14(30-2)8-15(31-3)18(16)23;/h7-9,12-13H,4-6,24H2,1-3H3,(H,25,26,27);1H/t12-,13+;/m0./s1. The predicted octanol–water partition coefficient (Wildman–Crippen LogP) is -0.102. The van der Waals surface area contributed by atoms with Crippen molar-refractivity contribution in [2.75, 3.05) is 19.5 Å². The second-order valence-corrected chi connectivity index (χ2v) is 8.38. The Balaban J connectivity index is 0.00000289. The second-order valence-electron chi connectivity index (χ2n) is 7.62. The van der Waals surface area contributed by atoms with Crippen LogP contribution in [0.3, 0.4) is 0 Å². The van der Waals surface area contributed by atoms with Gasteiger partial charge in [0.15, 0.2) is 0 Å². The maximum Gasteiger partial charge on any atom is 0.259 e. The number of fused-ring (bicyclic) bond motifs is 1. The minimum absolute atomic E-state index is 0. The Labute approximate surface area is 201 Å². The second kappa shape index (κ2) is 9.70. The van der Waals surface area contributed by atoms with E-state index in [1.165, 1.54) is 18.8 Å². The number of hydrogen-bond acceptors (Lipinski definition) is 6. The Morgan fingerprint density at radius 1 is 1.16 bits per heavy atom. The maximum absolute atomic E-state index is 13.3. The van der Waals surface area contributed by atoms with Crippen LogP contribution in [0.25, 0.3) is 22.2 Å². The zero-order chi connectivity index (χ0) is 22.3. The number of hydrogen-bond donors (Lipinski definition) is 2. The van der Waals surface area contributed by atoms with Gasteiger partial charge in [0, 0.05) is 36.7 Å². The monoisotopic (exact) mass is 499 g/mol. The molecular weight excluding hydrogens is 477 g/mol. The van der Waals surface area contributed by atoms with E-state index in [1.54, 1.807) is 25.4 Å². The molecule has 2 heterocycles. The molecule has 0 saturated heterocycles. The highest BCUT2D eigenvalue weighted by Gasteiger charge is 2.28. The van der Waals surface area contributed by atoms with Crippen LogP contribution in [-0.4, -0.2) is 40.8 Å². The van der Waals surface area contributed by atoms with Crippen molar-refractivity contribution in [3.8, 4) is 22.6 Å². The fraction of sp³-hybridized carbons (Fsp3) is 0.381. The first kappa shape index (κ1) is 24.4. The van der Waals surface area contributed by atoms with Crippen LogP contribution in [0.1, 0.15) is 19.3 Å². The quantitative estimate of drug-likeness (QED) is 0.507. The average Bonchev–Trinajstić information content (AvgIpc) is 3.16. The average molecular weight is 501 g/mol. The van der Waals surface area contributed by atoms with Crippen LogP contribution in [0.4, 0.5) is 5.95 Å². The van der Waals surface area contributed by atoms with Crippen LogP contribution < -0.4 is 38.5 Å². The summed E-state index contributed by atoms with van der Waals surface area (Å²) in [6.45, 7) is 0. The van der Waals surface area contributed by atoms with Gasteiger partial charge in [-0.15, -0.1) is 0 Å². The molecule has 2 atom stereocenters. The van der Waals surface area contributed by atoms with Crippen molar-refractivity contribution in [3.05, 3.63) is 38.7 Å². The van der Waals surface area contributed by atoms with Crippen LogP contribution in [0.5, 0.6) is 11.5 Å². The van der Waals surface area contributed by atoms with Crippen molar-refractivity contribution in [3.63, 3.8) is 0 Å². The molecule has 8 nitrogen and oxygen atoms in total. The van der Waals surface area contributed by atoms with Crippen molar-refractivity contribution >= 4 is 40.2 Å². The molecule has 1 fully saturated rings. The number of anilines is 1. The molecule has 1 aliphatic rings. The van der Waals surface area contributed by atoms with Crippen molar-refractivity contribution in [2.24, 2.45) is 7.05 Å². The van der Waals surface area contributed by atoms with Gasteiger partial charge in [-0.25, -0.2) is 4.98 Å². The number of aromatic nitrogens is 3. The van der Waals surface area contributed by atoms with Crippen LogP contribution in [0.15, 0.2) is 23.1 Å². The fourth-order valence-electron chi connectivity index (χ4n) is 4.01. The van der Waals surface area contributed by atoms with Gasteiger partial charge in [0.05, 0.1) is 35.9 Å². The Kier molecular flexibility index (Phi) is 7.39. The number of methoxy groups -OCH3 is 2. The van der Waals surface area contributed by atoms with Gasteiger partial charge in [-0.2, -0.15) is 4.98 Å². The Hall–Kier alpha value is -2.26. The minimum Gasteiger partial charge on any atom is -1.00 e. The molecule has 2 aromatic heterocycles. The van der Waals surface area contributed by atoms with Gasteiger partial charge in [0.2, 0.25) is 5.95 Å². The third-order valence-electron chi connectivity index (χ3n) is 5.77. The van der Waals surface area contributed by atoms with Crippen molar-refractivity contribution < 1.29 is 27.6 Å². The van der Waals surface area contributed by atoms with Gasteiger partial charge >= 0.3 is 0 Å². The summed E-state index contributed by atoms with van der Waals surface area (Å²) < 4.78 is 12.1. The first-order chi connectivity index (χ1) is 14.8. The lowest BCUT2D eigenvalue weighted by molar-refractivity contribution is -0.418. The van der Waals surface area contributed by atoms with Crippen molar-refractivity contribution in [1.82, 2.24) is 14.5 Å². The number of rotatable bonds is 5. The summed E-state index contributed by atoms with van der Waals surface area (Å²) in [5.41, 5.74) is 5.04. The molecule has 32 heavy (non-hydrogen) atoms. The molecule has 0 aliphatic heterocycles. The van der Waals surface area contributed by atoms with Crippen LogP contribution in [0.2, 0.25) is 10.0 Å². The minimum atomic E-state index is -0.299. The van der Waals surface area contributed by atoms with Gasteiger partial charge in [0.25, 0.3) is 5.56 Å². The van der Waals surface area contributed by atoms with E-state index in [4.69, 9.17) is 32.7 Å². The van der Waals surface area contributed by atoms with Gasteiger partial charge in [-0.3, -0.25) is 9.36 Å². The van der Waals surface area contributed by atoms with E-state index in [0.717, 1.165) is 19.3 Å². The maximum atomic E-state index is 13.3. The summed E-state index contributed by atoms with van der Waals surface area (Å²) in [7, 11) is 4.63. The number of nitrogens with zero attached hydrogens (tertiary/aromatic N) is 3. The Bertz CT molecular complexity index is 1190. The summed E-state index contributed by atoms with van der Waals surface area (Å²) in [5.74, 6) is 1.19. The summed E-state index contributed by atoms with van der Waals surface area (Å²) in [6.07, 6.45) is 4.92. The summed E-state index contributed by atoms with van der Waals surface area (Å²) in [6, 6.07) is 3.82. The molecule has 4 rings (SSSR count). The predicted molar refractivity (Wildman–Crippen MR) is 121 cm³/mol. The van der Waals surface area contributed by atoms with E-state index in [0.29, 0.717) is 45.6 Å². The third kappa shape index (κ3) is 4.20. The molecule has 3 aromatic rings. The van der Waals surface area contributed by atoms with Crippen LogP contribution in [-0.2, 0) is 7.05 Å². The number of benzene rings is 1. The lowest BCUT2D eigenvalue weighted by atomic mass is 10.0. The normalized spacial score (nSPS) is 17.8. The molecule has 0 unspecified atom stereocenters. The van der Waals surface area contributed by atoms with Crippen molar-refractivity contribution in [1.29, 1.82) is 0 Å². The van der Waals surface area contributed by atoms with Gasteiger partial charge in [0.1, 0.15) is 23.2 Å². The molecular formula is C21H24Cl3N5O3. The molecule has 0 radical (unpaired) electrons. The van der Waals surface area contributed by atoms with E-state index in [2.05, 4.69) is 21.0 Å². The highest BCUT2D eigenvalue weighted by Crippen LogP contribution is 2.45. The first-order valence-corrected chi connectivity index (χ1v) is 10.7. The number of halogens is 3. The zero-order valence-corrected chi connectivity index (χ0v) is 20.2. The number of aryl methyl sites for hydroxylation is 1. The van der Waals surface area contributed by atoms with E-state index >= 15 is 0 Å². The molecule has 0 bridgehead atoms. The van der Waals surface area contributed by atoms with E-state index in [1.807, 2.05) is 0 Å². The SMILES string of the molecule is COc1cc(OC)c(Cl)c(-c2cc3cnc(N[C@@H]4CCC[C@@H]4[NH3+])nc3n(C)c2=O)c1Cl.[Cl-]. The van der Waals surface area contributed by atoms with Crippen LogP contribution in [0, 0.1) is 0 Å². The smallest absolute Gasteiger partial charge is 0.259 e. The van der Waals surface area contributed by atoms with Gasteiger partial charge in [-0.05, 0) is 18.9 Å². The van der Waals surface area contributed by atoms with Crippen molar-refractivity contribution in [2.45, 2.75) is 31.3 Å². The molecule has 172 valence electrons. The molecule has 0 amide bonds. The molecule has 0 spiro atoms. The molecule has 1 saturated carbocycles. The molecule has 1 aliphatic carbocycles. The van der Waals surface area contributed by atoms with Gasteiger partial charge < -0.3 is 32.9 Å². The summed E-state index contributed by atoms with van der Waals surface area (Å²) >= 11 is 13.1. The summed E-state index contributed by atoms with van der Waals surface area (Å²) in [5, 5.41) is 4.48. The van der Waals surface area contributed by atoms with E-state index < -0.39 is 0 Å². The number of nitrogens with one attached hydrogen (secondary N) is 1. The molecule has 4 N–H and O–H groups in total. The van der Waals surface area contributed by atoms with E-state index in [9.17, 15) is 4.79 Å². The first-order valence-electron chi connectivity index (χ1n) is 9.92. The third-order valence-corrected chi connectivity index (χ3v) is 6.52. The highest BCUT2D eigenvalue weighted by molar-refractivity contribution is 6.41. The Morgan fingerprint density at radius 3 is 2.38 bits per heavy atom. The number of quaternary nitrogens is 1. The Morgan fingerprint density at radius 2 is 1.81 bits per heavy atom. The van der Waals surface area contributed by atoms with Crippen LogP contribution >= 0.6 is 23.2 Å². The highest BCUT2D eigenvalue weighted by atomic mass is 35.5. The summed E-state index contributed by atoms with van der Waals surface area (Å²) in [4.78, 5) is 22.3. The topological polar surface area (TPSA) is 106 Å². The largest absolute Gasteiger partial charge is 1.00 e. The number of ether oxygens (including phenoxy) is 2. The zero-order valence-electron chi connectivity index (χ0n) is 17.9. The molecule has 1 aromatic carbocycles. The van der Waals surface area contributed by atoms with Gasteiger partial charge in [-0.1, -0.05) is 23.2 Å². The van der Waals surface area contributed by atoms with E-state index in [-0.39, 0.29) is 34.1 Å². The lowest BCUT2D eigenvalue weighted by Gasteiger charge is -2.17. The molecule has 11 heteroatoms. The lowest BCUT2D eigenvalue weighted by Crippen LogP contribution is -3.00.